The lowest BCUT2D eigenvalue weighted by Crippen LogP contribution is -1.87. The van der Waals surface area contributed by atoms with Gasteiger partial charge in [0.05, 0.1) is 20.3 Å². The lowest BCUT2D eigenvalue weighted by Gasteiger charge is -1.99. The number of nitrogens with zero attached hydrogens (tertiary/aromatic N) is 1. The molecule has 1 N–H and O–H groups in total. The van der Waals surface area contributed by atoms with Crippen molar-refractivity contribution in [3.63, 3.8) is 0 Å². The zero-order chi connectivity index (χ0) is 11.7. The zero-order valence-corrected chi connectivity index (χ0v) is 9.69. The molecule has 0 amide bonds. The van der Waals surface area contributed by atoms with Crippen LogP contribution in [0.2, 0.25) is 0 Å². The standard InChI is InChI=1S/C13H14N2O2/c1-16-13-12-11(2-4-14-13)10(7-15-12)6-9-3-5-17-8-9/h2,4,6-7,15H,3,5,8H2,1H3/b9-6-. The molecule has 1 aliphatic rings. The van der Waals surface area contributed by atoms with Crippen molar-refractivity contribution in [2.45, 2.75) is 6.42 Å². The number of pyridine rings is 1. The lowest BCUT2D eigenvalue weighted by molar-refractivity contribution is 0.205. The van der Waals surface area contributed by atoms with E-state index in [1.54, 1.807) is 13.3 Å². The third kappa shape index (κ3) is 1.80. The van der Waals surface area contributed by atoms with Crippen LogP contribution in [-0.2, 0) is 4.74 Å². The van der Waals surface area contributed by atoms with Gasteiger partial charge >= 0.3 is 0 Å². The Labute approximate surface area is 99.3 Å². The van der Waals surface area contributed by atoms with E-state index in [1.807, 2.05) is 12.3 Å². The number of aromatic amines is 1. The highest BCUT2D eigenvalue weighted by molar-refractivity contribution is 5.91. The van der Waals surface area contributed by atoms with E-state index in [-0.39, 0.29) is 0 Å². The molecule has 17 heavy (non-hydrogen) atoms. The molecule has 0 bridgehead atoms. The molecule has 3 rings (SSSR count). The van der Waals surface area contributed by atoms with Gasteiger partial charge in [-0.2, -0.15) is 0 Å². The summed E-state index contributed by atoms with van der Waals surface area (Å²) >= 11 is 0. The molecule has 0 unspecified atom stereocenters. The minimum absolute atomic E-state index is 0.634. The highest BCUT2D eigenvalue weighted by atomic mass is 16.5. The van der Waals surface area contributed by atoms with E-state index in [9.17, 15) is 0 Å². The Morgan fingerprint density at radius 2 is 2.47 bits per heavy atom. The average molecular weight is 230 g/mol. The molecule has 1 fully saturated rings. The molecule has 0 saturated carbocycles. The molecule has 1 saturated heterocycles. The van der Waals surface area contributed by atoms with Gasteiger partial charge in [-0.15, -0.1) is 0 Å². The van der Waals surface area contributed by atoms with Crippen LogP contribution in [0.5, 0.6) is 5.88 Å². The van der Waals surface area contributed by atoms with Gasteiger partial charge in [-0.05, 0) is 18.1 Å². The van der Waals surface area contributed by atoms with Gasteiger partial charge in [0.15, 0.2) is 0 Å². The Balaban J connectivity index is 2.09. The van der Waals surface area contributed by atoms with Crippen LogP contribution in [0.4, 0.5) is 0 Å². The van der Waals surface area contributed by atoms with E-state index in [2.05, 4.69) is 16.0 Å². The van der Waals surface area contributed by atoms with Crippen molar-refractivity contribution in [2.24, 2.45) is 0 Å². The van der Waals surface area contributed by atoms with Gasteiger partial charge in [-0.3, -0.25) is 0 Å². The Morgan fingerprint density at radius 1 is 1.53 bits per heavy atom. The molecule has 0 aromatic carbocycles. The van der Waals surface area contributed by atoms with Crippen LogP contribution in [0.3, 0.4) is 0 Å². The fraction of sp³-hybridized carbons (Fsp3) is 0.308. The smallest absolute Gasteiger partial charge is 0.238 e. The van der Waals surface area contributed by atoms with E-state index < -0.39 is 0 Å². The first-order valence-corrected chi connectivity index (χ1v) is 5.66. The number of fused-ring (bicyclic) bond motifs is 1. The summed E-state index contributed by atoms with van der Waals surface area (Å²) < 4.78 is 10.6. The Kier molecular flexibility index (Phi) is 2.57. The van der Waals surface area contributed by atoms with E-state index in [0.29, 0.717) is 5.88 Å². The maximum Gasteiger partial charge on any atom is 0.238 e. The maximum atomic E-state index is 5.35. The number of hydrogen-bond donors (Lipinski definition) is 1. The van der Waals surface area contributed by atoms with Crippen LogP contribution in [0.15, 0.2) is 24.0 Å². The van der Waals surface area contributed by atoms with E-state index >= 15 is 0 Å². The van der Waals surface area contributed by atoms with Gasteiger partial charge in [0.25, 0.3) is 0 Å². The summed E-state index contributed by atoms with van der Waals surface area (Å²) in [4.78, 5) is 7.38. The van der Waals surface area contributed by atoms with Gasteiger partial charge in [-0.25, -0.2) is 4.98 Å². The number of hydrogen-bond acceptors (Lipinski definition) is 3. The fourth-order valence-electron chi connectivity index (χ4n) is 2.14. The Morgan fingerprint density at radius 3 is 3.24 bits per heavy atom. The van der Waals surface area contributed by atoms with Crippen molar-refractivity contribution >= 4 is 17.0 Å². The van der Waals surface area contributed by atoms with Gasteiger partial charge < -0.3 is 14.5 Å². The van der Waals surface area contributed by atoms with Gasteiger partial charge in [0, 0.05) is 23.3 Å². The first-order valence-electron chi connectivity index (χ1n) is 5.66. The third-order valence-electron chi connectivity index (χ3n) is 3.01. The second-order valence-electron chi connectivity index (χ2n) is 4.09. The van der Waals surface area contributed by atoms with Gasteiger partial charge in [0.2, 0.25) is 5.88 Å². The minimum atomic E-state index is 0.634. The average Bonchev–Trinajstić information content (AvgIpc) is 2.99. The van der Waals surface area contributed by atoms with Gasteiger partial charge in [0.1, 0.15) is 5.52 Å². The highest BCUT2D eigenvalue weighted by Crippen LogP contribution is 2.27. The van der Waals surface area contributed by atoms with Gasteiger partial charge in [-0.1, -0.05) is 6.08 Å². The normalized spacial score (nSPS) is 18.1. The topological polar surface area (TPSA) is 47.1 Å². The van der Waals surface area contributed by atoms with Crippen LogP contribution in [0, 0.1) is 0 Å². The molecule has 2 aromatic rings. The predicted molar refractivity (Wildman–Crippen MR) is 66.1 cm³/mol. The van der Waals surface area contributed by atoms with E-state index in [0.717, 1.165) is 30.5 Å². The van der Waals surface area contributed by atoms with Crippen molar-refractivity contribution < 1.29 is 9.47 Å². The number of rotatable bonds is 2. The van der Waals surface area contributed by atoms with E-state index in [1.165, 1.54) is 11.1 Å². The molecule has 88 valence electrons. The number of methoxy groups -OCH3 is 1. The maximum absolute atomic E-state index is 5.35. The number of H-pyrrole nitrogens is 1. The first-order chi connectivity index (χ1) is 8.38. The number of nitrogens with one attached hydrogen (secondary N) is 1. The summed E-state index contributed by atoms with van der Waals surface area (Å²) in [6, 6.07) is 2.00. The molecule has 2 aromatic heterocycles. The molecule has 1 aliphatic heterocycles. The Bertz CT molecular complexity index is 564. The second-order valence-corrected chi connectivity index (χ2v) is 4.09. The summed E-state index contributed by atoms with van der Waals surface area (Å²) in [5.41, 5.74) is 3.45. The molecule has 0 atom stereocenters. The molecule has 3 heterocycles. The monoisotopic (exact) mass is 230 g/mol. The summed E-state index contributed by atoms with van der Waals surface area (Å²) in [5, 5.41) is 1.14. The van der Waals surface area contributed by atoms with Crippen molar-refractivity contribution in [1.82, 2.24) is 9.97 Å². The molecular formula is C13H14N2O2. The summed E-state index contributed by atoms with van der Waals surface area (Å²) in [5.74, 6) is 0.634. The second kappa shape index (κ2) is 4.22. The molecule has 0 aliphatic carbocycles. The summed E-state index contributed by atoms with van der Waals surface area (Å²) in [6.45, 7) is 1.58. The summed E-state index contributed by atoms with van der Waals surface area (Å²) in [6.07, 6.45) is 6.96. The zero-order valence-electron chi connectivity index (χ0n) is 9.69. The third-order valence-corrected chi connectivity index (χ3v) is 3.01. The molecule has 4 nitrogen and oxygen atoms in total. The largest absolute Gasteiger partial charge is 0.479 e. The van der Waals surface area contributed by atoms with E-state index in [4.69, 9.17) is 9.47 Å². The predicted octanol–water partition coefficient (Wildman–Crippen LogP) is 2.38. The van der Waals surface area contributed by atoms with Crippen molar-refractivity contribution in [1.29, 1.82) is 0 Å². The van der Waals surface area contributed by atoms with Crippen LogP contribution < -0.4 is 4.74 Å². The summed E-state index contributed by atoms with van der Waals surface area (Å²) in [7, 11) is 1.63. The fourth-order valence-corrected chi connectivity index (χ4v) is 2.14. The minimum Gasteiger partial charge on any atom is -0.479 e. The van der Waals surface area contributed by atoms with Crippen LogP contribution in [-0.4, -0.2) is 30.3 Å². The van der Waals surface area contributed by atoms with Crippen molar-refractivity contribution in [2.75, 3.05) is 20.3 Å². The molecule has 4 heteroatoms. The number of ether oxygens (including phenoxy) is 2. The van der Waals surface area contributed by atoms with Crippen molar-refractivity contribution in [3.8, 4) is 5.88 Å². The van der Waals surface area contributed by atoms with Crippen LogP contribution in [0.25, 0.3) is 17.0 Å². The SMILES string of the molecule is COc1nccc2c(/C=C3/CCOC3)c[nH]c12. The highest BCUT2D eigenvalue weighted by Gasteiger charge is 2.10. The quantitative estimate of drug-likeness (QED) is 0.861. The lowest BCUT2D eigenvalue weighted by atomic mass is 10.1. The van der Waals surface area contributed by atoms with Crippen molar-refractivity contribution in [3.05, 3.63) is 29.6 Å². The molecular weight excluding hydrogens is 216 g/mol. The molecule has 0 radical (unpaired) electrons. The Hall–Kier alpha value is -1.81. The van der Waals surface area contributed by atoms with Crippen LogP contribution in [0.1, 0.15) is 12.0 Å². The first kappa shape index (κ1) is 10.4. The number of aromatic nitrogens is 2. The van der Waals surface area contributed by atoms with Crippen LogP contribution >= 0.6 is 0 Å². The molecule has 0 spiro atoms.